The monoisotopic (exact) mass is 303 g/mol. The van der Waals surface area contributed by atoms with Crippen molar-refractivity contribution in [3.05, 3.63) is 36.7 Å². The first-order valence-electron chi connectivity index (χ1n) is 6.18. The van der Waals surface area contributed by atoms with Crippen molar-refractivity contribution in [1.82, 2.24) is 34.0 Å². The quantitative estimate of drug-likeness (QED) is 0.675. The molecule has 3 aromatic heterocycles. The maximum absolute atomic E-state index is 11.7. The van der Waals surface area contributed by atoms with E-state index in [1.54, 1.807) is 20.3 Å². The molecule has 0 atom stereocenters. The van der Waals surface area contributed by atoms with Gasteiger partial charge in [0.15, 0.2) is 0 Å². The van der Waals surface area contributed by atoms with Crippen molar-refractivity contribution in [3.63, 3.8) is 0 Å². The fourth-order valence-corrected chi connectivity index (χ4v) is 2.38. The van der Waals surface area contributed by atoms with Crippen LogP contribution in [0.1, 0.15) is 5.69 Å². The highest BCUT2D eigenvalue weighted by atomic mass is 32.2. The maximum atomic E-state index is 11.7. The van der Waals surface area contributed by atoms with Gasteiger partial charge in [-0.2, -0.15) is 4.68 Å². The molecule has 21 heavy (non-hydrogen) atoms. The van der Waals surface area contributed by atoms with Crippen molar-refractivity contribution in [2.45, 2.75) is 10.9 Å². The second-order valence-corrected chi connectivity index (χ2v) is 5.44. The number of rotatable bonds is 3. The molecule has 0 aliphatic heterocycles. The molecule has 3 heterocycles. The summed E-state index contributed by atoms with van der Waals surface area (Å²) in [5.74, 6) is 1.28. The van der Waals surface area contributed by atoms with E-state index in [0.717, 1.165) is 5.69 Å². The number of fused-ring (bicyclic) bond motifs is 1. The molecule has 9 heteroatoms. The van der Waals surface area contributed by atoms with Crippen LogP contribution < -0.4 is 0 Å². The lowest BCUT2D eigenvalue weighted by Gasteiger charge is -2.07. The van der Waals surface area contributed by atoms with Gasteiger partial charge < -0.3 is 4.90 Å². The number of aromatic nitrogens is 6. The molecule has 0 N–H and O–H groups in total. The molecule has 0 aliphatic carbocycles. The molecule has 0 unspecified atom stereocenters. The van der Waals surface area contributed by atoms with E-state index in [2.05, 4.69) is 20.1 Å². The predicted octanol–water partition coefficient (Wildman–Crippen LogP) is 1.14. The number of amides is 1. The van der Waals surface area contributed by atoms with Crippen molar-refractivity contribution in [2.24, 2.45) is 0 Å². The van der Waals surface area contributed by atoms with Gasteiger partial charge in [-0.25, -0.2) is 19.7 Å². The molecule has 0 fully saturated rings. The first-order valence-corrected chi connectivity index (χ1v) is 7.17. The second kappa shape index (κ2) is 5.52. The Hall–Kier alpha value is -2.42. The third kappa shape index (κ3) is 2.87. The van der Waals surface area contributed by atoms with Crippen molar-refractivity contribution >= 4 is 23.6 Å². The minimum atomic E-state index is -0.230. The minimum absolute atomic E-state index is 0.230. The summed E-state index contributed by atoms with van der Waals surface area (Å²) in [5, 5.41) is 4.66. The number of nitrogens with zero attached hydrogens (tertiary/aromatic N) is 7. The molecule has 0 bridgehead atoms. The highest BCUT2D eigenvalue weighted by Gasteiger charge is 2.11. The van der Waals surface area contributed by atoms with Crippen LogP contribution in [0.15, 0.2) is 36.1 Å². The summed E-state index contributed by atoms with van der Waals surface area (Å²) in [4.78, 5) is 25.8. The van der Waals surface area contributed by atoms with E-state index in [1.807, 2.05) is 22.9 Å². The average Bonchev–Trinajstić information content (AvgIpc) is 3.10. The lowest BCUT2D eigenvalue weighted by atomic mass is 10.6. The topological polar surface area (TPSA) is 81.2 Å². The SMILES string of the molecule is CN(C)C(=O)n1cnc(SCc2cn3cccnc3n2)n1. The van der Waals surface area contributed by atoms with Gasteiger partial charge in [-0.05, 0) is 6.07 Å². The Morgan fingerprint density at radius 2 is 2.24 bits per heavy atom. The van der Waals surface area contributed by atoms with Gasteiger partial charge in [0.1, 0.15) is 6.33 Å². The van der Waals surface area contributed by atoms with Gasteiger partial charge in [0.2, 0.25) is 10.9 Å². The Kier molecular flexibility index (Phi) is 3.57. The molecule has 3 rings (SSSR count). The first-order chi connectivity index (χ1) is 10.1. The highest BCUT2D eigenvalue weighted by molar-refractivity contribution is 7.98. The number of hydrogen-bond donors (Lipinski definition) is 0. The van der Waals surface area contributed by atoms with Crippen molar-refractivity contribution in [1.29, 1.82) is 0 Å². The molecule has 108 valence electrons. The van der Waals surface area contributed by atoms with Crippen LogP contribution in [0.3, 0.4) is 0 Å². The van der Waals surface area contributed by atoms with Gasteiger partial charge in [0.05, 0.1) is 5.69 Å². The zero-order chi connectivity index (χ0) is 14.8. The van der Waals surface area contributed by atoms with Crippen LogP contribution in [0.2, 0.25) is 0 Å². The van der Waals surface area contributed by atoms with E-state index in [1.165, 1.54) is 27.7 Å². The van der Waals surface area contributed by atoms with Crippen molar-refractivity contribution in [3.8, 4) is 0 Å². The Bertz CT molecular complexity index is 746. The summed E-state index contributed by atoms with van der Waals surface area (Å²) in [6, 6.07) is 1.62. The van der Waals surface area contributed by atoms with Gasteiger partial charge in [-0.1, -0.05) is 11.8 Å². The summed E-state index contributed by atoms with van der Waals surface area (Å²) in [6.07, 6.45) is 6.93. The fourth-order valence-electron chi connectivity index (χ4n) is 1.70. The fraction of sp³-hybridized carbons (Fsp3) is 0.250. The van der Waals surface area contributed by atoms with E-state index in [4.69, 9.17) is 0 Å². The van der Waals surface area contributed by atoms with E-state index >= 15 is 0 Å². The predicted molar refractivity (Wildman–Crippen MR) is 77.1 cm³/mol. The molecule has 3 aromatic rings. The van der Waals surface area contributed by atoms with E-state index in [-0.39, 0.29) is 6.03 Å². The number of imidazole rings is 1. The number of hydrogen-bond acceptors (Lipinski definition) is 6. The van der Waals surface area contributed by atoms with Gasteiger partial charge in [0.25, 0.3) is 0 Å². The molecule has 0 saturated heterocycles. The lowest BCUT2D eigenvalue weighted by Crippen LogP contribution is -2.27. The molecule has 0 spiro atoms. The Morgan fingerprint density at radius 3 is 3.00 bits per heavy atom. The van der Waals surface area contributed by atoms with E-state index < -0.39 is 0 Å². The highest BCUT2D eigenvalue weighted by Crippen LogP contribution is 2.18. The van der Waals surface area contributed by atoms with Crippen molar-refractivity contribution in [2.75, 3.05) is 14.1 Å². The summed E-state index contributed by atoms with van der Waals surface area (Å²) < 4.78 is 3.07. The normalized spacial score (nSPS) is 11.0. The Balaban J connectivity index is 1.68. The maximum Gasteiger partial charge on any atom is 0.345 e. The zero-order valence-electron chi connectivity index (χ0n) is 11.5. The third-order valence-corrected chi connectivity index (χ3v) is 3.57. The average molecular weight is 303 g/mol. The summed E-state index contributed by atoms with van der Waals surface area (Å²) in [6.45, 7) is 0. The first kappa shape index (κ1) is 13.6. The summed E-state index contributed by atoms with van der Waals surface area (Å²) in [7, 11) is 3.33. The summed E-state index contributed by atoms with van der Waals surface area (Å²) in [5.41, 5.74) is 0.883. The molecular formula is C12H13N7OS. The molecule has 1 amide bonds. The lowest BCUT2D eigenvalue weighted by molar-refractivity contribution is 0.215. The van der Waals surface area contributed by atoms with Gasteiger partial charge in [-0.3, -0.25) is 4.40 Å². The Labute approximate surface area is 124 Å². The zero-order valence-corrected chi connectivity index (χ0v) is 12.4. The molecule has 8 nitrogen and oxygen atoms in total. The van der Waals surface area contributed by atoms with Gasteiger partial charge >= 0.3 is 6.03 Å². The van der Waals surface area contributed by atoms with Crippen LogP contribution in [0.5, 0.6) is 0 Å². The molecular weight excluding hydrogens is 290 g/mol. The number of carbonyl (C=O) groups is 1. The van der Waals surface area contributed by atoms with Crippen molar-refractivity contribution < 1.29 is 4.79 Å². The second-order valence-electron chi connectivity index (χ2n) is 4.50. The van der Waals surface area contributed by atoms with Crippen LogP contribution in [0.4, 0.5) is 4.79 Å². The van der Waals surface area contributed by atoms with Crippen LogP contribution in [0.25, 0.3) is 5.78 Å². The number of carbonyl (C=O) groups excluding carboxylic acids is 1. The minimum Gasteiger partial charge on any atom is -0.329 e. The van der Waals surface area contributed by atoms with Crippen LogP contribution >= 0.6 is 11.8 Å². The van der Waals surface area contributed by atoms with Gasteiger partial charge in [-0.15, -0.1) is 5.10 Å². The molecule has 0 aromatic carbocycles. The molecule has 0 saturated carbocycles. The van der Waals surface area contributed by atoms with E-state index in [9.17, 15) is 4.79 Å². The number of thioether (sulfide) groups is 1. The Morgan fingerprint density at radius 1 is 1.38 bits per heavy atom. The van der Waals surface area contributed by atoms with E-state index in [0.29, 0.717) is 16.7 Å². The smallest absolute Gasteiger partial charge is 0.329 e. The van der Waals surface area contributed by atoms with Crippen LogP contribution in [-0.4, -0.2) is 54.2 Å². The molecule has 0 radical (unpaired) electrons. The largest absolute Gasteiger partial charge is 0.345 e. The third-order valence-electron chi connectivity index (χ3n) is 2.68. The van der Waals surface area contributed by atoms with Gasteiger partial charge in [0, 0.05) is 38.4 Å². The van der Waals surface area contributed by atoms with Crippen LogP contribution in [0, 0.1) is 0 Å². The standard InChI is InChI=1S/C12H13N7OS/c1-17(2)12(20)19-8-14-11(16-19)21-7-9-6-18-5-3-4-13-10(18)15-9/h3-6,8H,7H2,1-2H3. The molecule has 0 aliphatic rings. The van der Waals surface area contributed by atoms with Crippen LogP contribution in [-0.2, 0) is 5.75 Å². The summed E-state index contributed by atoms with van der Waals surface area (Å²) >= 11 is 1.42.